The first kappa shape index (κ1) is 23.3. The highest BCUT2D eigenvalue weighted by Gasteiger charge is 2.29. The maximum absolute atomic E-state index is 12.2. The summed E-state index contributed by atoms with van der Waals surface area (Å²) in [5.41, 5.74) is 8.13. The van der Waals surface area contributed by atoms with Gasteiger partial charge in [-0.3, -0.25) is 4.79 Å². The monoisotopic (exact) mass is 496 g/mol. The van der Waals surface area contributed by atoms with Gasteiger partial charge in [0.2, 0.25) is 0 Å². The van der Waals surface area contributed by atoms with Crippen LogP contribution in [0.3, 0.4) is 0 Å². The minimum absolute atomic E-state index is 0.654. The Hall–Kier alpha value is -3.09. The molecule has 0 N–H and O–H groups in total. The summed E-state index contributed by atoms with van der Waals surface area (Å²) in [4.78, 5) is 21.3. The van der Waals surface area contributed by atoms with Crippen LogP contribution >= 0.6 is 11.3 Å². The number of fused-ring (bicyclic) bond motifs is 1. The van der Waals surface area contributed by atoms with E-state index in [0.29, 0.717) is 5.92 Å². The van der Waals surface area contributed by atoms with E-state index in [4.69, 9.17) is 0 Å². The number of likely N-dealkylation sites (N-methyl/N-ethyl adjacent to an activating group) is 1. The summed E-state index contributed by atoms with van der Waals surface area (Å²) in [5, 5.41) is 4.32. The van der Waals surface area contributed by atoms with Gasteiger partial charge in [0.25, 0.3) is 0 Å². The van der Waals surface area contributed by atoms with Crippen molar-refractivity contribution in [2.45, 2.75) is 39.0 Å². The van der Waals surface area contributed by atoms with Crippen molar-refractivity contribution in [3.63, 3.8) is 0 Å². The van der Waals surface area contributed by atoms with Crippen LogP contribution in [-0.2, 0) is 0 Å². The van der Waals surface area contributed by atoms with Crippen LogP contribution < -0.4 is 0 Å². The summed E-state index contributed by atoms with van der Waals surface area (Å²) in [6, 6.07) is 14.6. The lowest BCUT2D eigenvalue weighted by Crippen LogP contribution is -2.31. The quantitative estimate of drug-likeness (QED) is 0.284. The molecule has 6 heteroatoms. The minimum Gasteiger partial charge on any atom is -0.302 e. The maximum Gasteiger partial charge on any atom is 0.160 e. The molecule has 36 heavy (non-hydrogen) atoms. The molecule has 6 rings (SSSR count). The highest BCUT2D eigenvalue weighted by molar-refractivity contribution is 7.17. The number of nitrogens with zero attached hydrogens (tertiary/aromatic N) is 4. The second kappa shape index (κ2) is 9.75. The van der Waals surface area contributed by atoms with Gasteiger partial charge in [-0.05, 0) is 78.6 Å². The zero-order valence-electron chi connectivity index (χ0n) is 21.0. The molecule has 0 radical (unpaired) electrons. The van der Waals surface area contributed by atoms with Gasteiger partial charge < -0.3 is 4.90 Å². The Labute approximate surface area is 216 Å². The Bertz CT molecular complexity index is 1390. The van der Waals surface area contributed by atoms with Crippen LogP contribution in [0.15, 0.2) is 60.4 Å². The van der Waals surface area contributed by atoms with Crippen molar-refractivity contribution in [3.8, 4) is 21.7 Å². The molecule has 1 aliphatic carbocycles. The Morgan fingerprint density at radius 1 is 1.06 bits per heavy atom. The van der Waals surface area contributed by atoms with Crippen LogP contribution in [0.2, 0.25) is 0 Å². The van der Waals surface area contributed by atoms with E-state index in [1.807, 2.05) is 18.3 Å². The van der Waals surface area contributed by atoms with Gasteiger partial charge >= 0.3 is 0 Å². The highest BCUT2D eigenvalue weighted by atomic mass is 32.1. The first-order valence-electron chi connectivity index (χ1n) is 13.0. The van der Waals surface area contributed by atoms with Crippen molar-refractivity contribution in [2.75, 3.05) is 20.1 Å². The normalized spacial score (nSPS) is 21.3. The van der Waals surface area contributed by atoms with Crippen LogP contribution in [0.1, 0.15) is 54.3 Å². The van der Waals surface area contributed by atoms with Gasteiger partial charge in [-0.2, -0.15) is 5.10 Å². The number of rotatable bonds is 5. The fourth-order valence-electron chi connectivity index (χ4n) is 5.87. The fourth-order valence-corrected chi connectivity index (χ4v) is 6.87. The highest BCUT2D eigenvalue weighted by Crippen LogP contribution is 2.43. The summed E-state index contributed by atoms with van der Waals surface area (Å²) in [6.07, 6.45) is 11.0. The third-order valence-electron chi connectivity index (χ3n) is 7.97. The van der Waals surface area contributed by atoms with Crippen molar-refractivity contribution in [3.05, 3.63) is 70.9 Å². The summed E-state index contributed by atoms with van der Waals surface area (Å²) < 4.78 is 1.80. The molecule has 1 saturated carbocycles. The van der Waals surface area contributed by atoms with E-state index in [0.717, 1.165) is 63.9 Å². The predicted octanol–water partition coefficient (Wildman–Crippen LogP) is 6.85. The number of thiophene rings is 1. The van der Waals surface area contributed by atoms with Crippen molar-refractivity contribution in [2.24, 2.45) is 11.8 Å². The standard InChI is InChI=1S/C30H32N4OS/c1-20-5-7-21(8-6-20)26-17-33(2)15-13-24(26)25-16-28(36-29(25)19-35)23-11-9-22(10-12-23)27-18-34-30(32-27)4-3-14-31-34/h3-4,9-12,14,16,18-21H,5-8,13,15,17H2,1-2H3. The summed E-state index contributed by atoms with van der Waals surface area (Å²) in [6.45, 7) is 4.46. The van der Waals surface area contributed by atoms with Crippen LogP contribution in [0.5, 0.6) is 0 Å². The van der Waals surface area contributed by atoms with Gasteiger partial charge in [0, 0.05) is 29.7 Å². The smallest absolute Gasteiger partial charge is 0.160 e. The third-order valence-corrected chi connectivity index (χ3v) is 9.08. The largest absolute Gasteiger partial charge is 0.302 e. The molecule has 1 fully saturated rings. The van der Waals surface area contributed by atoms with Crippen LogP contribution in [-0.4, -0.2) is 45.9 Å². The lowest BCUT2D eigenvalue weighted by atomic mass is 9.75. The fraction of sp³-hybridized carbons (Fsp3) is 0.367. The summed E-state index contributed by atoms with van der Waals surface area (Å²) >= 11 is 1.62. The van der Waals surface area contributed by atoms with Gasteiger partial charge in [0.1, 0.15) is 0 Å². The molecule has 0 spiro atoms. The van der Waals surface area contributed by atoms with Crippen LogP contribution in [0.25, 0.3) is 32.9 Å². The number of aromatic nitrogens is 3. The van der Waals surface area contributed by atoms with Crippen molar-refractivity contribution in [1.82, 2.24) is 19.5 Å². The van der Waals surface area contributed by atoms with Gasteiger partial charge in [0.15, 0.2) is 11.9 Å². The second-order valence-corrected chi connectivity index (χ2v) is 11.6. The number of carbonyl (C=O) groups is 1. The Morgan fingerprint density at radius 2 is 1.83 bits per heavy atom. The van der Waals surface area contributed by atoms with Gasteiger partial charge in [0.05, 0.1) is 16.8 Å². The molecule has 2 aliphatic rings. The number of aldehydes is 1. The molecule has 4 aromatic rings. The van der Waals surface area contributed by atoms with Crippen molar-refractivity contribution in [1.29, 1.82) is 0 Å². The average molecular weight is 497 g/mol. The van der Waals surface area contributed by atoms with E-state index < -0.39 is 0 Å². The molecule has 1 aromatic carbocycles. The van der Waals surface area contributed by atoms with E-state index in [9.17, 15) is 4.79 Å². The molecule has 184 valence electrons. The zero-order valence-corrected chi connectivity index (χ0v) is 21.8. The number of imidazole rings is 1. The summed E-state index contributed by atoms with van der Waals surface area (Å²) in [5.74, 6) is 1.49. The van der Waals surface area contributed by atoms with Gasteiger partial charge in [-0.1, -0.05) is 44.0 Å². The lowest BCUT2D eigenvalue weighted by molar-refractivity contribution is 0.112. The number of benzene rings is 1. The second-order valence-electron chi connectivity index (χ2n) is 10.5. The molecule has 3 aromatic heterocycles. The SMILES string of the molecule is CC1CCC(C2=C(c3cc(-c4ccc(-c5cn6ncccc6n5)cc4)sc3C=O)CCN(C)C2)CC1. The molecule has 1 aliphatic heterocycles. The molecule has 0 bridgehead atoms. The van der Waals surface area contributed by atoms with E-state index in [-0.39, 0.29) is 0 Å². The average Bonchev–Trinajstić information content (AvgIpc) is 3.54. The Morgan fingerprint density at radius 3 is 2.58 bits per heavy atom. The van der Waals surface area contributed by atoms with E-state index >= 15 is 0 Å². The van der Waals surface area contributed by atoms with Crippen molar-refractivity contribution >= 4 is 28.8 Å². The van der Waals surface area contributed by atoms with E-state index in [2.05, 4.69) is 59.3 Å². The zero-order chi connectivity index (χ0) is 24.6. The Balaban J connectivity index is 1.33. The van der Waals surface area contributed by atoms with Crippen LogP contribution in [0.4, 0.5) is 0 Å². The lowest BCUT2D eigenvalue weighted by Gasteiger charge is -2.35. The third kappa shape index (κ3) is 4.44. The first-order chi connectivity index (χ1) is 17.6. The van der Waals surface area contributed by atoms with Crippen LogP contribution in [0, 0.1) is 11.8 Å². The molecule has 0 amide bonds. The van der Waals surface area contributed by atoms with E-state index in [1.165, 1.54) is 36.8 Å². The molecule has 0 saturated heterocycles. The first-order valence-corrected chi connectivity index (χ1v) is 13.8. The number of hydrogen-bond donors (Lipinski definition) is 0. The number of carbonyl (C=O) groups excluding carboxylic acids is 1. The Kier molecular flexibility index (Phi) is 6.32. The maximum atomic E-state index is 12.2. The molecular formula is C30H32N4OS. The molecule has 0 unspecified atom stereocenters. The molecular weight excluding hydrogens is 464 g/mol. The van der Waals surface area contributed by atoms with Crippen molar-refractivity contribution < 1.29 is 4.79 Å². The van der Waals surface area contributed by atoms with Gasteiger partial charge in [-0.15, -0.1) is 11.3 Å². The summed E-state index contributed by atoms with van der Waals surface area (Å²) in [7, 11) is 2.22. The molecule has 4 heterocycles. The minimum atomic E-state index is 0.654. The van der Waals surface area contributed by atoms with E-state index in [1.54, 1.807) is 27.6 Å². The molecule has 5 nitrogen and oxygen atoms in total. The molecule has 0 atom stereocenters. The number of hydrogen-bond acceptors (Lipinski definition) is 5. The van der Waals surface area contributed by atoms with Gasteiger partial charge in [-0.25, -0.2) is 9.50 Å². The topological polar surface area (TPSA) is 50.5 Å². The predicted molar refractivity (Wildman–Crippen MR) is 147 cm³/mol.